The lowest BCUT2D eigenvalue weighted by molar-refractivity contribution is -0.131. The molecule has 1 aromatic carbocycles. The van der Waals surface area contributed by atoms with E-state index in [1.165, 1.54) is 0 Å². The van der Waals surface area contributed by atoms with E-state index < -0.39 is 10.0 Å². The molecule has 0 atom stereocenters. The molecule has 0 saturated carbocycles. The number of piperidine rings is 1. The van der Waals surface area contributed by atoms with Crippen LogP contribution in [0.3, 0.4) is 0 Å². The number of aryl methyl sites for hydroxylation is 2. The van der Waals surface area contributed by atoms with Crippen LogP contribution >= 0.6 is 0 Å². The summed E-state index contributed by atoms with van der Waals surface area (Å²) in [6.07, 6.45) is 1.96. The van der Waals surface area contributed by atoms with Crippen LogP contribution < -0.4 is 4.72 Å². The Labute approximate surface area is 132 Å². The zero-order chi connectivity index (χ0) is 16.3. The molecule has 6 heteroatoms. The molecule has 1 aliphatic heterocycles. The Bertz CT molecular complexity index is 647. The smallest absolute Gasteiger partial charge is 0.241 e. The van der Waals surface area contributed by atoms with Gasteiger partial charge in [0.1, 0.15) is 0 Å². The highest BCUT2D eigenvalue weighted by molar-refractivity contribution is 7.89. The summed E-state index contributed by atoms with van der Waals surface area (Å²) in [7, 11) is -3.64. The minimum Gasteiger partial charge on any atom is -0.342 e. The van der Waals surface area contributed by atoms with Crippen LogP contribution in [0, 0.1) is 19.8 Å². The van der Waals surface area contributed by atoms with Gasteiger partial charge in [0, 0.05) is 13.1 Å². The highest BCUT2D eigenvalue weighted by Crippen LogP contribution is 2.17. The van der Waals surface area contributed by atoms with Crippen molar-refractivity contribution in [2.24, 2.45) is 5.92 Å². The number of nitrogens with zero attached hydrogens (tertiary/aromatic N) is 1. The minimum atomic E-state index is -3.64. The maximum absolute atomic E-state index is 12.3. The van der Waals surface area contributed by atoms with E-state index in [9.17, 15) is 13.2 Å². The summed E-state index contributed by atoms with van der Waals surface area (Å²) in [5.74, 6) is 0.482. The van der Waals surface area contributed by atoms with Crippen LogP contribution in [-0.2, 0) is 14.8 Å². The van der Waals surface area contributed by atoms with E-state index in [0.29, 0.717) is 19.0 Å². The van der Waals surface area contributed by atoms with Crippen LogP contribution in [0.4, 0.5) is 0 Å². The highest BCUT2D eigenvalue weighted by atomic mass is 32.2. The number of sulfonamides is 1. The number of likely N-dealkylation sites (tertiary alicyclic amines) is 1. The molecule has 2 rings (SSSR count). The standard InChI is InChI=1S/C16H24N2O3S/c1-12-6-8-18(9-7-12)16(19)11-17-22(20,21)15-5-4-13(2)14(3)10-15/h4-5,10,12,17H,6-9,11H2,1-3H3. The van der Waals surface area contributed by atoms with Crippen LogP contribution in [0.25, 0.3) is 0 Å². The molecule has 1 N–H and O–H groups in total. The summed E-state index contributed by atoms with van der Waals surface area (Å²) in [4.78, 5) is 14.0. The van der Waals surface area contributed by atoms with Crippen LogP contribution in [-0.4, -0.2) is 38.9 Å². The Balaban J connectivity index is 1.97. The van der Waals surface area contributed by atoms with E-state index in [0.717, 1.165) is 24.0 Å². The summed E-state index contributed by atoms with van der Waals surface area (Å²) in [5.41, 5.74) is 1.96. The lowest BCUT2D eigenvalue weighted by Gasteiger charge is -2.30. The van der Waals surface area contributed by atoms with Gasteiger partial charge in [0.15, 0.2) is 0 Å². The monoisotopic (exact) mass is 324 g/mol. The predicted octanol–water partition coefficient (Wildman–Crippen LogP) is 1.84. The fourth-order valence-corrected chi connectivity index (χ4v) is 3.55. The molecule has 0 aromatic heterocycles. The molecule has 0 spiro atoms. The molecule has 122 valence electrons. The SMILES string of the molecule is Cc1ccc(S(=O)(=O)NCC(=O)N2CCC(C)CC2)cc1C. The molecular weight excluding hydrogens is 300 g/mol. The van der Waals surface area contributed by atoms with E-state index in [4.69, 9.17) is 0 Å². The van der Waals surface area contributed by atoms with Gasteiger partial charge in [0.2, 0.25) is 15.9 Å². The van der Waals surface area contributed by atoms with Crippen LogP contribution in [0.5, 0.6) is 0 Å². The molecule has 1 heterocycles. The van der Waals surface area contributed by atoms with Gasteiger partial charge in [0.25, 0.3) is 0 Å². The minimum absolute atomic E-state index is 0.153. The molecule has 1 aliphatic rings. The van der Waals surface area contributed by atoms with Gasteiger partial charge < -0.3 is 4.90 Å². The average Bonchev–Trinajstić information content (AvgIpc) is 2.48. The van der Waals surface area contributed by atoms with Crippen molar-refractivity contribution in [2.75, 3.05) is 19.6 Å². The normalized spacial score (nSPS) is 16.8. The molecule has 0 unspecified atom stereocenters. The molecule has 0 bridgehead atoms. The molecule has 1 fully saturated rings. The largest absolute Gasteiger partial charge is 0.342 e. The summed E-state index contributed by atoms with van der Waals surface area (Å²) in [6.45, 7) is 7.22. The third kappa shape index (κ3) is 4.08. The van der Waals surface area contributed by atoms with E-state index >= 15 is 0 Å². The second-order valence-corrected chi connectivity index (χ2v) is 7.90. The third-order valence-corrected chi connectivity index (χ3v) is 5.74. The molecule has 5 nitrogen and oxygen atoms in total. The Morgan fingerprint density at radius 2 is 1.86 bits per heavy atom. The molecular formula is C16H24N2O3S. The van der Waals surface area contributed by atoms with Crippen molar-refractivity contribution < 1.29 is 13.2 Å². The molecule has 0 radical (unpaired) electrons. The Morgan fingerprint density at radius 3 is 2.45 bits per heavy atom. The van der Waals surface area contributed by atoms with Crippen molar-refractivity contribution in [3.8, 4) is 0 Å². The van der Waals surface area contributed by atoms with E-state index in [2.05, 4.69) is 11.6 Å². The maximum Gasteiger partial charge on any atom is 0.241 e. The number of hydrogen-bond donors (Lipinski definition) is 1. The van der Waals surface area contributed by atoms with Gasteiger partial charge in [-0.15, -0.1) is 0 Å². The Morgan fingerprint density at radius 1 is 1.23 bits per heavy atom. The second-order valence-electron chi connectivity index (χ2n) is 6.13. The lowest BCUT2D eigenvalue weighted by atomic mass is 9.99. The van der Waals surface area contributed by atoms with Crippen LogP contribution in [0.15, 0.2) is 23.1 Å². The summed E-state index contributed by atoms with van der Waals surface area (Å²) < 4.78 is 26.9. The molecule has 1 saturated heterocycles. The highest BCUT2D eigenvalue weighted by Gasteiger charge is 2.22. The fraction of sp³-hybridized carbons (Fsp3) is 0.562. The zero-order valence-electron chi connectivity index (χ0n) is 13.4. The predicted molar refractivity (Wildman–Crippen MR) is 86.1 cm³/mol. The topological polar surface area (TPSA) is 66.5 Å². The Hall–Kier alpha value is -1.40. The maximum atomic E-state index is 12.3. The molecule has 1 amide bonds. The molecule has 22 heavy (non-hydrogen) atoms. The third-order valence-electron chi connectivity index (χ3n) is 4.34. The van der Waals surface area contributed by atoms with Crippen LogP contribution in [0.2, 0.25) is 0 Å². The first kappa shape index (κ1) is 17.0. The van der Waals surface area contributed by atoms with Gasteiger partial charge in [0.05, 0.1) is 11.4 Å². The van der Waals surface area contributed by atoms with Gasteiger partial charge in [-0.05, 0) is 55.9 Å². The van der Waals surface area contributed by atoms with Crippen molar-refractivity contribution in [3.05, 3.63) is 29.3 Å². The van der Waals surface area contributed by atoms with Gasteiger partial charge >= 0.3 is 0 Å². The quantitative estimate of drug-likeness (QED) is 0.919. The first-order chi connectivity index (χ1) is 10.3. The van der Waals surface area contributed by atoms with Crippen molar-refractivity contribution in [1.29, 1.82) is 0 Å². The second kappa shape index (κ2) is 6.79. The van der Waals surface area contributed by atoms with Crippen molar-refractivity contribution in [3.63, 3.8) is 0 Å². The van der Waals surface area contributed by atoms with E-state index in [-0.39, 0.29) is 17.3 Å². The van der Waals surface area contributed by atoms with E-state index in [1.54, 1.807) is 23.1 Å². The van der Waals surface area contributed by atoms with Gasteiger partial charge in [-0.2, -0.15) is 0 Å². The van der Waals surface area contributed by atoms with Crippen molar-refractivity contribution in [2.45, 2.75) is 38.5 Å². The summed E-state index contributed by atoms with van der Waals surface area (Å²) in [5, 5.41) is 0. The van der Waals surface area contributed by atoms with Crippen LogP contribution in [0.1, 0.15) is 30.9 Å². The average molecular weight is 324 g/mol. The molecule has 0 aliphatic carbocycles. The zero-order valence-corrected chi connectivity index (χ0v) is 14.2. The number of carbonyl (C=O) groups is 1. The lowest BCUT2D eigenvalue weighted by Crippen LogP contribution is -2.43. The molecule has 1 aromatic rings. The van der Waals surface area contributed by atoms with Gasteiger partial charge in [-0.3, -0.25) is 4.79 Å². The number of hydrogen-bond acceptors (Lipinski definition) is 3. The number of rotatable bonds is 4. The number of benzene rings is 1. The fourth-order valence-electron chi connectivity index (χ4n) is 2.49. The number of amides is 1. The first-order valence-electron chi connectivity index (χ1n) is 7.64. The van der Waals surface area contributed by atoms with Gasteiger partial charge in [-0.1, -0.05) is 13.0 Å². The van der Waals surface area contributed by atoms with E-state index in [1.807, 2.05) is 13.8 Å². The van der Waals surface area contributed by atoms with Gasteiger partial charge in [-0.25, -0.2) is 13.1 Å². The van der Waals surface area contributed by atoms with Crippen molar-refractivity contribution in [1.82, 2.24) is 9.62 Å². The number of carbonyl (C=O) groups excluding carboxylic acids is 1. The Kier molecular flexibility index (Phi) is 5.24. The van der Waals surface area contributed by atoms with Crippen molar-refractivity contribution >= 4 is 15.9 Å². The number of nitrogens with one attached hydrogen (secondary N) is 1. The first-order valence-corrected chi connectivity index (χ1v) is 9.12. The summed E-state index contributed by atoms with van der Waals surface area (Å²) in [6, 6.07) is 4.97. The summed E-state index contributed by atoms with van der Waals surface area (Å²) >= 11 is 0.